The smallest absolute Gasteiger partial charge is 0.310 e. The first-order valence-electron chi connectivity index (χ1n) is 8.51. The Bertz CT molecular complexity index is 869. The first kappa shape index (κ1) is 21.0. The van der Waals surface area contributed by atoms with Crippen molar-refractivity contribution in [3.05, 3.63) is 65.2 Å². The molecule has 2 aromatic carbocycles. The first-order valence-corrected chi connectivity index (χ1v) is 8.51. The number of benzene rings is 2. The summed E-state index contributed by atoms with van der Waals surface area (Å²) in [5.41, 5.74) is 1.38. The second kappa shape index (κ2) is 9.59. The van der Waals surface area contributed by atoms with Gasteiger partial charge in [-0.2, -0.15) is 0 Å². The fraction of sp³-hybridized carbons (Fsp3) is 0.250. The normalized spacial score (nSPS) is 11.4. The molecule has 0 fully saturated rings. The highest BCUT2D eigenvalue weighted by atomic mass is 19.1. The van der Waals surface area contributed by atoms with Crippen LogP contribution in [0.4, 0.5) is 14.5 Å². The molecule has 0 aromatic heterocycles. The summed E-state index contributed by atoms with van der Waals surface area (Å²) >= 11 is 0. The first-order chi connectivity index (χ1) is 13.2. The quantitative estimate of drug-likeness (QED) is 0.712. The Kier molecular flexibility index (Phi) is 7.20. The van der Waals surface area contributed by atoms with Gasteiger partial charge in [-0.25, -0.2) is 8.78 Å². The summed E-state index contributed by atoms with van der Waals surface area (Å²) in [6.45, 7) is 2.41. The van der Waals surface area contributed by atoms with Gasteiger partial charge in [-0.3, -0.25) is 14.4 Å². The van der Waals surface area contributed by atoms with Crippen molar-refractivity contribution in [2.24, 2.45) is 0 Å². The number of amides is 2. The molecule has 0 saturated heterocycles. The van der Waals surface area contributed by atoms with E-state index >= 15 is 0 Å². The lowest BCUT2D eigenvalue weighted by Crippen LogP contribution is -2.31. The van der Waals surface area contributed by atoms with Gasteiger partial charge in [0.05, 0.1) is 12.5 Å². The van der Waals surface area contributed by atoms with Crippen molar-refractivity contribution in [1.29, 1.82) is 0 Å². The molecule has 0 unspecified atom stereocenters. The van der Waals surface area contributed by atoms with E-state index in [9.17, 15) is 23.2 Å². The van der Waals surface area contributed by atoms with Gasteiger partial charge in [0, 0.05) is 24.2 Å². The molecule has 148 valence electrons. The summed E-state index contributed by atoms with van der Waals surface area (Å²) in [5.74, 6) is -2.90. The summed E-state index contributed by atoms with van der Waals surface area (Å²) in [5, 5.41) is 5.09. The number of halogens is 2. The molecule has 2 N–H and O–H groups in total. The Morgan fingerprint density at radius 1 is 1.07 bits per heavy atom. The van der Waals surface area contributed by atoms with Gasteiger partial charge in [0.25, 0.3) is 5.91 Å². The van der Waals surface area contributed by atoms with Crippen LogP contribution in [-0.4, -0.2) is 24.4 Å². The largest absolute Gasteiger partial charge is 0.455 e. The third kappa shape index (κ3) is 6.46. The molecule has 6 nitrogen and oxygen atoms in total. The number of hydrogen-bond donors (Lipinski definition) is 2. The lowest BCUT2D eigenvalue weighted by atomic mass is 10.1. The molecule has 0 heterocycles. The Labute approximate surface area is 160 Å². The highest BCUT2D eigenvalue weighted by molar-refractivity contribution is 5.88. The highest BCUT2D eigenvalue weighted by Crippen LogP contribution is 2.17. The van der Waals surface area contributed by atoms with E-state index in [0.717, 1.165) is 12.1 Å². The van der Waals surface area contributed by atoms with Crippen molar-refractivity contribution in [2.75, 3.05) is 11.9 Å². The van der Waals surface area contributed by atoms with Crippen molar-refractivity contribution < 1.29 is 27.9 Å². The number of carbonyl (C=O) groups excluding carboxylic acids is 3. The highest BCUT2D eigenvalue weighted by Gasteiger charge is 2.15. The molecule has 0 saturated carbocycles. The Morgan fingerprint density at radius 2 is 1.75 bits per heavy atom. The van der Waals surface area contributed by atoms with Crippen molar-refractivity contribution in [3.8, 4) is 0 Å². The zero-order valence-electron chi connectivity index (χ0n) is 15.4. The van der Waals surface area contributed by atoms with Crippen molar-refractivity contribution in [1.82, 2.24) is 5.32 Å². The van der Waals surface area contributed by atoms with Crippen LogP contribution in [0.15, 0.2) is 42.5 Å². The number of anilines is 1. The fourth-order valence-electron chi connectivity index (χ4n) is 2.49. The summed E-state index contributed by atoms with van der Waals surface area (Å²) < 4.78 is 31.6. The molecule has 0 aliphatic rings. The average molecular weight is 390 g/mol. The van der Waals surface area contributed by atoms with Gasteiger partial charge >= 0.3 is 5.97 Å². The van der Waals surface area contributed by atoms with Crippen LogP contribution in [0, 0.1) is 11.6 Å². The average Bonchev–Trinajstić information content (AvgIpc) is 2.61. The molecule has 0 aliphatic carbocycles. The zero-order valence-corrected chi connectivity index (χ0v) is 15.4. The molecule has 2 amide bonds. The van der Waals surface area contributed by atoms with Crippen LogP contribution >= 0.6 is 0 Å². The van der Waals surface area contributed by atoms with Crippen LogP contribution in [0.3, 0.4) is 0 Å². The van der Waals surface area contributed by atoms with E-state index in [1.165, 1.54) is 19.9 Å². The van der Waals surface area contributed by atoms with Gasteiger partial charge in [0.15, 0.2) is 6.61 Å². The topological polar surface area (TPSA) is 84.5 Å². The van der Waals surface area contributed by atoms with Gasteiger partial charge in [-0.1, -0.05) is 18.2 Å². The molecule has 1 atom stereocenters. The summed E-state index contributed by atoms with van der Waals surface area (Å²) in [6.07, 6.45) is -0.0459. The third-order valence-corrected chi connectivity index (χ3v) is 3.79. The Balaban J connectivity index is 1.80. The second-order valence-corrected chi connectivity index (χ2v) is 6.17. The second-order valence-electron chi connectivity index (χ2n) is 6.17. The van der Waals surface area contributed by atoms with Crippen molar-refractivity contribution in [2.45, 2.75) is 26.3 Å². The maximum atomic E-state index is 13.7. The van der Waals surface area contributed by atoms with E-state index in [-0.39, 0.29) is 17.9 Å². The van der Waals surface area contributed by atoms with Crippen LogP contribution in [0.5, 0.6) is 0 Å². The molecule has 0 radical (unpaired) electrons. The van der Waals surface area contributed by atoms with Crippen LogP contribution < -0.4 is 10.6 Å². The summed E-state index contributed by atoms with van der Waals surface area (Å²) in [7, 11) is 0. The van der Waals surface area contributed by atoms with Crippen molar-refractivity contribution >= 4 is 23.5 Å². The minimum Gasteiger partial charge on any atom is -0.455 e. The molecule has 28 heavy (non-hydrogen) atoms. The maximum Gasteiger partial charge on any atom is 0.310 e. The number of carbonyl (C=O) groups is 3. The number of nitrogens with one attached hydrogen (secondary N) is 2. The van der Waals surface area contributed by atoms with Crippen LogP contribution in [0.1, 0.15) is 31.0 Å². The SMILES string of the molecule is CC(=O)Nc1ccc(CC(=O)OCC(=O)N[C@@H](C)c2ccc(F)cc2F)cc1. The summed E-state index contributed by atoms with van der Waals surface area (Å²) in [6, 6.07) is 8.97. The van der Waals surface area contributed by atoms with E-state index in [1.807, 2.05) is 0 Å². The third-order valence-electron chi connectivity index (χ3n) is 3.79. The van der Waals surface area contributed by atoms with Crippen LogP contribution in [0.2, 0.25) is 0 Å². The predicted octanol–water partition coefficient (Wildman–Crippen LogP) is 2.89. The zero-order chi connectivity index (χ0) is 20.7. The Morgan fingerprint density at radius 3 is 2.36 bits per heavy atom. The number of ether oxygens (including phenoxy) is 1. The minimum absolute atomic E-state index is 0.0459. The lowest BCUT2D eigenvalue weighted by molar-refractivity contribution is -0.148. The molecule has 0 spiro atoms. The van der Waals surface area contributed by atoms with E-state index in [1.54, 1.807) is 24.3 Å². The molecule has 0 aliphatic heterocycles. The van der Waals surface area contributed by atoms with Gasteiger partial charge in [-0.15, -0.1) is 0 Å². The monoisotopic (exact) mass is 390 g/mol. The predicted molar refractivity (Wildman–Crippen MR) is 98.3 cm³/mol. The van der Waals surface area contributed by atoms with E-state index < -0.39 is 36.2 Å². The van der Waals surface area contributed by atoms with Gasteiger partial charge in [0.1, 0.15) is 11.6 Å². The van der Waals surface area contributed by atoms with Gasteiger partial charge in [0.2, 0.25) is 5.91 Å². The number of rotatable bonds is 7. The Hall–Kier alpha value is -3.29. The molecular formula is C20H20F2N2O4. The minimum atomic E-state index is -0.771. The molecular weight excluding hydrogens is 370 g/mol. The molecule has 0 bridgehead atoms. The number of esters is 1. The maximum absolute atomic E-state index is 13.7. The fourth-order valence-corrected chi connectivity index (χ4v) is 2.49. The summed E-state index contributed by atoms with van der Waals surface area (Å²) in [4.78, 5) is 34.7. The van der Waals surface area contributed by atoms with Crippen molar-refractivity contribution in [3.63, 3.8) is 0 Å². The molecule has 2 aromatic rings. The van der Waals surface area contributed by atoms with Gasteiger partial charge in [-0.05, 0) is 30.7 Å². The van der Waals surface area contributed by atoms with E-state index in [2.05, 4.69) is 10.6 Å². The molecule has 2 rings (SSSR count). The molecule has 8 heteroatoms. The lowest BCUT2D eigenvalue weighted by Gasteiger charge is -2.15. The standard InChI is InChI=1S/C20H20F2N2O4/c1-12(17-8-5-15(21)10-18(17)22)23-19(26)11-28-20(27)9-14-3-6-16(7-4-14)24-13(2)25/h3-8,10,12H,9,11H2,1-2H3,(H,23,26)(H,24,25)/t12-/m0/s1. The number of hydrogen-bond acceptors (Lipinski definition) is 4. The van der Waals surface area contributed by atoms with E-state index in [0.29, 0.717) is 11.3 Å². The van der Waals surface area contributed by atoms with Crippen LogP contribution in [-0.2, 0) is 25.5 Å². The van der Waals surface area contributed by atoms with E-state index in [4.69, 9.17) is 4.74 Å². The van der Waals surface area contributed by atoms with Gasteiger partial charge < -0.3 is 15.4 Å². The van der Waals surface area contributed by atoms with Crippen LogP contribution in [0.25, 0.3) is 0 Å².